The number of carbonyl (C=O) groups is 2. The van der Waals surface area contributed by atoms with Crippen molar-refractivity contribution in [2.45, 2.75) is 57.5 Å². The molecule has 212 valence electrons. The Labute approximate surface area is 236 Å². The van der Waals surface area contributed by atoms with E-state index in [-0.39, 0.29) is 42.6 Å². The molecule has 1 saturated carbocycles. The van der Waals surface area contributed by atoms with E-state index in [0.717, 1.165) is 4.88 Å². The first-order chi connectivity index (χ1) is 18.9. The van der Waals surface area contributed by atoms with Gasteiger partial charge in [-0.1, -0.05) is 22.9 Å². The average Bonchev–Trinajstić information content (AvgIpc) is 3.47. The Kier molecular flexibility index (Phi) is 7.48. The van der Waals surface area contributed by atoms with Gasteiger partial charge in [-0.2, -0.15) is 13.2 Å². The van der Waals surface area contributed by atoms with Gasteiger partial charge in [0.15, 0.2) is 10.7 Å². The molecule has 0 radical (unpaired) electrons. The number of rotatable bonds is 5. The van der Waals surface area contributed by atoms with E-state index in [9.17, 15) is 27.9 Å². The first-order valence-electron chi connectivity index (χ1n) is 12.4. The van der Waals surface area contributed by atoms with Gasteiger partial charge in [0.05, 0.1) is 42.5 Å². The third kappa shape index (κ3) is 5.37. The molecule has 2 aliphatic rings. The second-order valence-corrected chi connectivity index (χ2v) is 11.4. The Bertz CT molecular complexity index is 1450. The molecule has 0 unspecified atom stereocenters. The van der Waals surface area contributed by atoms with E-state index in [1.165, 1.54) is 30.8 Å². The monoisotopic (exact) mass is 595 g/mol. The van der Waals surface area contributed by atoms with Gasteiger partial charge < -0.3 is 14.7 Å². The maximum Gasteiger partial charge on any atom is 0.417 e. The lowest BCUT2D eigenvalue weighted by molar-refractivity contribution is -0.271. The highest BCUT2D eigenvalue weighted by Gasteiger charge is 2.55. The molecule has 3 aromatic heterocycles. The van der Waals surface area contributed by atoms with Crippen molar-refractivity contribution < 1.29 is 32.6 Å². The number of fused-ring (bicyclic) bond motifs is 1. The van der Waals surface area contributed by atoms with Crippen molar-refractivity contribution in [2.24, 2.45) is 5.92 Å². The summed E-state index contributed by atoms with van der Waals surface area (Å²) in [7, 11) is 1.49. The summed E-state index contributed by atoms with van der Waals surface area (Å²) in [5.74, 6) is -0.845. The van der Waals surface area contributed by atoms with Crippen LogP contribution in [-0.2, 0) is 17.9 Å². The molecule has 0 aromatic carbocycles. The Hall–Kier alpha value is -3.29. The molecular weight excluding hydrogens is 571 g/mol. The summed E-state index contributed by atoms with van der Waals surface area (Å²) in [4.78, 5) is 41.4. The maximum atomic E-state index is 13.3. The van der Waals surface area contributed by atoms with Gasteiger partial charge >= 0.3 is 6.18 Å². The largest absolute Gasteiger partial charge is 0.494 e. The molecule has 1 aliphatic heterocycles. The number of methoxy groups -OCH3 is 1. The highest BCUT2D eigenvalue weighted by atomic mass is 35.5. The van der Waals surface area contributed by atoms with Gasteiger partial charge in [-0.25, -0.2) is 9.97 Å². The number of hydrogen-bond acceptors (Lipinski definition) is 8. The van der Waals surface area contributed by atoms with Crippen molar-refractivity contribution in [3.8, 4) is 16.9 Å². The summed E-state index contributed by atoms with van der Waals surface area (Å²) >= 11 is 7.34. The summed E-state index contributed by atoms with van der Waals surface area (Å²) in [6.45, 7) is 2.25. The summed E-state index contributed by atoms with van der Waals surface area (Å²) < 4.78 is 44.7. The van der Waals surface area contributed by atoms with Crippen molar-refractivity contribution in [3.63, 3.8) is 0 Å². The number of carbonyl (C=O) groups excluding carboxylic acids is 2. The minimum absolute atomic E-state index is 0.0336. The van der Waals surface area contributed by atoms with Gasteiger partial charge in [0, 0.05) is 28.9 Å². The van der Waals surface area contributed by atoms with Crippen LogP contribution in [0.4, 0.5) is 18.3 Å². The highest BCUT2D eigenvalue weighted by molar-refractivity contribution is 7.16. The third-order valence-corrected chi connectivity index (χ3v) is 8.51. The number of thiazole rings is 1. The zero-order valence-electron chi connectivity index (χ0n) is 21.5. The molecule has 1 fully saturated rings. The number of aliphatic hydroxyl groups is 1. The lowest BCUT2D eigenvalue weighted by Gasteiger charge is -2.37. The van der Waals surface area contributed by atoms with Crippen LogP contribution in [0, 0.1) is 12.8 Å². The van der Waals surface area contributed by atoms with Gasteiger partial charge in [0.2, 0.25) is 5.91 Å². The number of aryl methyl sites for hydroxylation is 1. The van der Waals surface area contributed by atoms with E-state index in [4.69, 9.17) is 16.3 Å². The van der Waals surface area contributed by atoms with E-state index in [0.29, 0.717) is 33.4 Å². The fourth-order valence-corrected chi connectivity index (χ4v) is 6.19. The van der Waals surface area contributed by atoms with Crippen molar-refractivity contribution >= 4 is 39.9 Å². The topological polar surface area (TPSA) is 118 Å². The number of amides is 2. The molecule has 2 amide bonds. The normalized spacial score (nSPS) is 20.8. The van der Waals surface area contributed by atoms with Crippen molar-refractivity contribution in [1.82, 2.24) is 19.9 Å². The van der Waals surface area contributed by atoms with Crippen molar-refractivity contribution in [1.29, 1.82) is 0 Å². The molecule has 3 aromatic rings. The maximum absolute atomic E-state index is 13.3. The van der Waals surface area contributed by atoms with Crippen LogP contribution >= 0.6 is 22.9 Å². The van der Waals surface area contributed by atoms with Crippen LogP contribution in [0.2, 0.25) is 5.15 Å². The molecule has 9 nitrogen and oxygen atoms in total. The van der Waals surface area contributed by atoms with Crippen LogP contribution in [0.15, 0.2) is 24.5 Å². The van der Waals surface area contributed by atoms with Crippen molar-refractivity contribution in [3.05, 3.63) is 51.5 Å². The summed E-state index contributed by atoms with van der Waals surface area (Å²) in [6, 6.07) is 3.35. The van der Waals surface area contributed by atoms with E-state index in [2.05, 4.69) is 20.3 Å². The minimum Gasteiger partial charge on any atom is -0.494 e. The number of aromatic nitrogens is 3. The van der Waals surface area contributed by atoms with Crippen LogP contribution in [0.1, 0.15) is 52.3 Å². The van der Waals surface area contributed by atoms with Crippen LogP contribution in [0.3, 0.4) is 0 Å². The average molecular weight is 596 g/mol. The first kappa shape index (κ1) is 28.2. The predicted octanol–water partition coefficient (Wildman–Crippen LogP) is 5.15. The third-order valence-electron chi connectivity index (χ3n) is 7.30. The molecule has 5 rings (SSSR count). The number of pyridine rings is 2. The Balaban J connectivity index is 1.27. The van der Waals surface area contributed by atoms with Crippen LogP contribution in [-0.4, -0.2) is 55.7 Å². The molecule has 4 heterocycles. The SMILES string of the molecule is COc1cnc(Cl)cc1-c1cc(C)ncc1C(=O)Nc1nc2c(s1)CN(C(=O)C1CCC(O)(C(F)(F)F)CC1)C2. The molecular formula is C26H25ClF3N5O4S. The number of nitrogens with one attached hydrogen (secondary N) is 1. The van der Waals surface area contributed by atoms with Gasteiger partial charge in [0.1, 0.15) is 10.9 Å². The molecule has 0 saturated heterocycles. The summed E-state index contributed by atoms with van der Waals surface area (Å²) in [5.41, 5.74) is -0.0256. The highest BCUT2D eigenvalue weighted by Crippen LogP contribution is 2.44. The van der Waals surface area contributed by atoms with E-state index in [1.807, 2.05) is 0 Å². The van der Waals surface area contributed by atoms with Gasteiger partial charge in [-0.05, 0) is 44.7 Å². The molecule has 0 bridgehead atoms. The predicted molar refractivity (Wildman–Crippen MR) is 141 cm³/mol. The molecule has 0 atom stereocenters. The summed E-state index contributed by atoms with van der Waals surface area (Å²) in [6.07, 6.45) is -2.84. The molecule has 0 spiro atoms. The van der Waals surface area contributed by atoms with Gasteiger partial charge in [-0.3, -0.25) is 19.9 Å². The molecule has 14 heteroatoms. The van der Waals surface area contributed by atoms with E-state index >= 15 is 0 Å². The number of halogens is 4. The first-order valence-corrected chi connectivity index (χ1v) is 13.6. The van der Waals surface area contributed by atoms with Gasteiger partial charge in [0.25, 0.3) is 5.91 Å². The zero-order chi connectivity index (χ0) is 28.8. The molecule has 40 heavy (non-hydrogen) atoms. The van der Waals surface area contributed by atoms with Gasteiger partial charge in [-0.15, -0.1) is 0 Å². The standard InChI is InChI=1S/C26H25ClF3N5O4S/c1-13-7-15(16-8-21(27)32-10-19(16)39-2)17(9-31-13)22(36)34-24-33-18-11-35(12-20(18)40-24)23(37)14-3-5-25(38,6-4-14)26(28,29)30/h7-10,14,38H,3-6,11-12H2,1-2H3,(H,33,34,36). The number of nitrogens with zero attached hydrogens (tertiary/aromatic N) is 4. The van der Waals surface area contributed by atoms with Crippen molar-refractivity contribution in [2.75, 3.05) is 12.4 Å². The second kappa shape index (κ2) is 10.6. The molecule has 1 aliphatic carbocycles. The Morgan fingerprint density at radius 1 is 1.18 bits per heavy atom. The number of anilines is 1. The number of hydrogen-bond donors (Lipinski definition) is 2. The minimum atomic E-state index is -4.71. The number of alkyl halides is 3. The quantitative estimate of drug-likeness (QED) is 0.392. The lowest BCUT2D eigenvalue weighted by atomic mass is 9.78. The smallest absolute Gasteiger partial charge is 0.417 e. The Morgan fingerprint density at radius 2 is 1.90 bits per heavy atom. The second-order valence-electron chi connectivity index (χ2n) is 9.92. The number of ether oxygens (including phenoxy) is 1. The van der Waals surface area contributed by atoms with E-state index < -0.39 is 36.4 Å². The van der Waals surface area contributed by atoms with Crippen LogP contribution < -0.4 is 10.1 Å². The summed E-state index contributed by atoms with van der Waals surface area (Å²) in [5, 5.41) is 13.3. The van der Waals surface area contributed by atoms with Crippen LogP contribution in [0.25, 0.3) is 11.1 Å². The fraction of sp³-hybridized carbons (Fsp3) is 0.423. The van der Waals surface area contributed by atoms with Crippen LogP contribution in [0.5, 0.6) is 5.75 Å². The molecule has 2 N–H and O–H groups in total. The fourth-order valence-electron chi connectivity index (χ4n) is 5.05. The van der Waals surface area contributed by atoms with E-state index in [1.54, 1.807) is 24.0 Å². The zero-order valence-corrected chi connectivity index (χ0v) is 23.1. The lowest BCUT2D eigenvalue weighted by Crippen LogP contribution is -2.49. The Morgan fingerprint density at radius 3 is 2.55 bits per heavy atom.